The van der Waals surface area contributed by atoms with E-state index in [0.29, 0.717) is 6.42 Å². The molecule has 0 radical (unpaired) electrons. The summed E-state index contributed by atoms with van der Waals surface area (Å²) < 4.78 is 11.3. The Hall–Kier alpha value is -2.68. The molecule has 30 heavy (non-hydrogen) atoms. The van der Waals surface area contributed by atoms with Gasteiger partial charge in [0, 0.05) is 18.6 Å². The molecule has 2 saturated heterocycles. The molecule has 8 nitrogen and oxygen atoms in total. The molecule has 2 fully saturated rings. The topological polar surface area (TPSA) is 119 Å². The van der Waals surface area contributed by atoms with Crippen molar-refractivity contribution in [1.29, 1.82) is 0 Å². The van der Waals surface area contributed by atoms with Crippen molar-refractivity contribution in [3.63, 3.8) is 0 Å². The van der Waals surface area contributed by atoms with Crippen LogP contribution in [0.25, 0.3) is 0 Å². The van der Waals surface area contributed by atoms with Gasteiger partial charge in [0.2, 0.25) is 17.1 Å². The summed E-state index contributed by atoms with van der Waals surface area (Å²) in [5, 5.41) is 13.6. The average Bonchev–Trinajstić information content (AvgIpc) is 3.29. The summed E-state index contributed by atoms with van der Waals surface area (Å²) >= 11 is 0. The number of aliphatic hydroxyl groups excluding tert-OH is 1. The van der Waals surface area contributed by atoms with Crippen LogP contribution < -0.4 is 5.32 Å². The van der Waals surface area contributed by atoms with E-state index in [1.165, 1.54) is 25.1 Å². The lowest BCUT2D eigenvalue weighted by Crippen LogP contribution is -2.61. The van der Waals surface area contributed by atoms with Gasteiger partial charge in [0.15, 0.2) is 17.7 Å². The van der Waals surface area contributed by atoms with Gasteiger partial charge in [-0.1, -0.05) is 50.3 Å². The maximum Gasteiger partial charge on any atom is 0.265 e. The second-order valence-electron chi connectivity index (χ2n) is 7.95. The van der Waals surface area contributed by atoms with Crippen LogP contribution in [0.1, 0.15) is 30.6 Å². The number of amides is 1. The molecule has 1 amide bonds. The Balaban J connectivity index is 1.82. The first-order valence-corrected chi connectivity index (χ1v) is 9.85. The summed E-state index contributed by atoms with van der Waals surface area (Å²) in [7, 11) is 1.15. The summed E-state index contributed by atoms with van der Waals surface area (Å²) in [4.78, 5) is 52.5. The first kappa shape index (κ1) is 20.6. The quantitative estimate of drug-likeness (QED) is 0.547. The second kappa shape index (κ2) is 6.66. The van der Waals surface area contributed by atoms with Crippen LogP contribution in [0.2, 0.25) is 0 Å². The molecule has 158 valence electrons. The summed E-state index contributed by atoms with van der Waals surface area (Å²) in [5.41, 5.74) is -6.07. The summed E-state index contributed by atoms with van der Waals surface area (Å²) in [6, 6.07) is 7.97. The van der Waals surface area contributed by atoms with Crippen molar-refractivity contribution in [1.82, 2.24) is 5.32 Å². The van der Waals surface area contributed by atoms with Gasteiger partial charge in [-0.15, -0.1) is 0 Å². The molecule has 0 saturated carbocycles. The fraction of sp³-hybridized carbons (Fsp3) is 0.455. The number of carbonyl (C=O) groups is 4. The second-order valence-corrected chi connectivity index (χ2v) is 7.95. The number of methoxy groups -OCH3 is 1. The SMILES string of the molecule is CC[C@H]1C=CC(=O)[C@]12O[C@@]1(C(=O)N[C@](OC)(C(=O)c3ccccc3)[C@@H]1O)C(=O)[C@H]2C. The molecule has 0 bridgehead atoms. The molecule has 2 N–H and O–H groups in total. The number of nitrogens with one attached hydrogen (secondary N) is 1. The van der Waals surface area contributed by atoms with Crippen LogP contribution >= 0.6 is 0 Å². The van der Waals surface area contributed by atoms with Gasteiger partial charge in [-0.25, -0.2) is 0 Å². The van der Waals surface area contributed by atoms with Gasteiger partial charge in [-0.2, -0.15) is 0 Å². The lowest BCUT2D eigenvalue weighted by molar-refractivity contribution is -0.189. The minimum Gasteiger partial charge on any atom is -0.383 e. The fourth-order valence-corrected chi connectivity index (χ4v) is 5.01. The molecule has 6 atom stereocenters. The molecule has 8 heteroatoms. The highest BCUT2D eigenvalue weighted by atomic mass is 16.6. The van der Waals surface area contributed by atoms with Crippen molar-refractivity contribution in [2.24, 2.45) is 11.8 Å². The summed E-state index contributed by atoms with van der Waals surface area (Å²) in [6.07, 6.45) is 1.50. The first-order valence-electron chi connectivity index (χ1n) is 9.85. The zero-order valence-corrected chi connectivity index (χ0v) is 16.9. The van der Waals surface area contributed by atoms with Gasteiger partial charge in [-0.05, 0) is 12.5 Å². The van der Waals surface area contributed by atoms with Crippen LogP contribution in [0.4, 0.5) is 0 Å². The van der Waals surface area contributed by atoms with Gasteiger partial charge in [0.25, 0.3) is 5.91 Å². The van der Waals surface area contributed by atoms with E-state index >= 15 is 0 Å². The van der Waals surface area contributed by atoms with Crippen LogP contribution in [0.3, 0.4) is 0 Å². The van der Waals surface area contributed by atoms with Gasteiger partial charge in [0.1, 0.15) is 5.60 Å². The number of ketones is 3. The third kappa shape index (κ3) is 2.21. The lowest BCUT2D eigenvalue weighted by atomic mass is 9.75. The molecule has 0 unspecified atom stereocenters. The largest absolute Gasteiger partial charge is 0.383 e. The third-order valence-corrected chi connectivity index (χ3v) is 6.69. The zero-order valence-electron chi connectivity index (χ0n) is 16.9. The Morgan fingerprint density at radius 1 is 1.23 bits per heavy atom. The molecule has 4 rings (SSSR count). The van der Waals surface area contributed by atoms with E-state index in [9.17, 15) is 24.3 Å². The number of ether oxygens (including phenoxy) is 2. The van der Waals surface area contributed by atoms with Crippen molar-refractivity contribution in [2.45, 2.75) is 43.3 Å². The predicted molar refractivity (Wildman–Crippen MR) is 103 cm³/mol. The fourth-order valence-electron chi connectivity index (χ4n) is 5.01. The smallest absolute Gasteiger partial charge is 0.265 e. The normalized spacial score (nSPS) is 40.0. The van der Waals surface area contributed by atoms with Gasteiger partial charge < -0.3 is 19.9 Å². The van der Waals surface area contributed by atoms with Crippen molar-refractivity contribution in [3.05, 3.63) is 48.0 Å². The highest BCUT2D eigenvalue weighted by Crippen LogP contribution is 2.53. The van der Waals surface area contributed by atoms with E-state index in [-0.39, 0.29) is 5.56 Å². The zero-order chi connectivity index (χ0) is 21.9. The predicted octanol–water partition coefficient (Wildman–Crippen LogP) is 0.581. The van der Waals surface area contributed by atoms with E-state index in [0.717, 1.165) is 7.11 Å². The minimum absolute atomic E-state index is 0.175. The minimum atomic E-state index is -2.42. The van der Waals surface area contributed by atoms with Gasteiger partial charge >= 0.3 is 0 Å². The molecule has 1 aromatic carbocycles. The Morgan fingerprint density at radius 2 is 1.90 bits per heavy atom. The van der Waals surface area contributed by atoms with Crippen molar-refractivity contribution >= 4 is 23.3 Å². The Morgan fingerprint density at radius 3 is 2.50 bits per heavy atom. The van der Waals surface area contributed by atoms with E-state index < -0.39 is 58.1 Å². The highest BCUT2D eigenvalue weighted by Gasteiger charge is 2.79. The molecule has 2 heterocycles. The monoisotopic (exact) mass is 413 g/mol. The summed E-state index contributed by atoms with van der Waals surface area (Å²) in [5.74, 6) is -4.34. The summed E-state index contributed by atoms with van der Waals surface area (Å²) in [6.45, 7) is 3.35. The molecule has 3 aliphatic rings. The molecule has 1 aromatic rings. The first-order chi connectivity index (χ1) is 14.2. The number of hydrogen-bond donors (Lipinski definition) is 2. The Kier molecular flexibility index (Phi) is 4.57. The number of rotatable bonds is 4. The standard InChI is InChI=1S/C22H23NO7/c1-4-14-10-11-15(24)20(14)12(2)16(25)21(30-20)18(27)22(29-3,23-19(21)28)17(26)13-8-6-5-7-9-13/h5-12,14,18,27H,4H2,1-3H3,(H,23,28)/t12-,14+,18-,20-,21+,22+/m1/s1. The van der Waals surface area contributed by atoms with E-state index in [1.54, 1.807) is 24.3 Å². The molecule has 2 spiro atoms. The number of hydrogen-bond acceptors (Lipinski definition) is 7. The molecular formula is C22H23NO7. The van der Waals surface area contributed by atoms with Crippen molar-refractivity contribution < 1.29 is 33.8 Å². The number of Topliss-reactive ketones (excluding diaryl/α,β-unsaturated/α-hetero) is 2. The number of benzene rings is 1. The van der Waals surface area contributed by atoms with Crippen molar-refractivity contribution in [2.75, 3.05) is 7.11 Å². The van der Waals surface area contributed by atoms with Crippen LogP contribution in [0.15, 0.2) is 42.5 Å². The Bertz CT molecular complexity index is 973. The van der Waals surface area contributed by atoms with Crippen LogP contribution in [-0.4, -0.2) is 58.5 Å². The van der Waals surface area contributed by atoms with Crippen molar-refractivity contribution in [3.8, 4) is 0 Å². The Labute approximate surface area is 173 Å². The van der Waals surface area contributed by atoms with Crippen LogP contribution in [0.5, 0.6) is 0 Å². The van der Waals surface area contributed by atoms with E-state index in [4.69, 9.17) is 9.47 Å². The van der Waals surface area contributed by atoms with Crippen LogP contribution in [-0.2, 0) is 23.9 Å². The van der Waals surface area contributed by atoms with Gasteiger partial charge in [-0.3, -0.25) is 19.2 Å². The van der Waals surface area contributed by atoms with E-state index in [2.05, 4.69) is 5.32 Å². The number of carbonyl (C=O) groups excluding carboxylic acids is 4. The molecule has 1 aliphatic carbocycles. The average molecular weight is 413 g/mol. The molecule has 0 aromatic heterocycles. The van der Waals surface area contributed by atoms with Crippen LogP contribution in [0, 0.1) is 11.8 Å². The maximum atomic E-state index is 13.4. The van der Waals surface area contributed by atoms with Gasteiger partial charge in [0.05, 0.1) is 5.92 Å². The maximum absolute atomic E-state index is 13.4. The number of aliphatic hydroxyl groups is 1. The van der Waals surface area contributed by atoms with E-state index in [1.807, 2.05) is 6.92 Å². The lowest BCUT2D eigenvalue weighted by Gasteiger charge is -2.35. The third-order valence-electron chi connectivity index (χ3n) is 6.69. The molecular weight excluding hydrogens is 390 g/mol. The molecule has 2 aliphatic heterocycles. The highest BCUT2D eigenvalue weighted by molar-refractivity contribution is 6.21.